The van der Waals surface area contributed by atoms with Gasteiger partial charge in [0.15, 0.2) is 5.58 Å². The number of likely N-dealkylation sites (tertiary alicyclic amines) is 1. The van der Waals surface area contributed by atoms with Gasteiger partial charge < -0.3 is 35.3 Å². The molecule has 0 spiro atoms. The maximum Gasteiger partial charge on any atom is 0.297 e. The van der Waals surface area contributed by atoms with Gasteiger partial charge in [-0.15, -0.1) is 0 Å². The number of hydrogen-bond donors (Lipinski definition) is 4. The third-order valence-corrected chi connectivity index (χ3v) is 10.7. The lowest BCUT2D eigenvalue weighted by atomic mass is 9.82. The van der Waals surface area contributed by atoms with Crippen LogP contribution in [0.5, 0.6) is 5.88 Å². The summed E-state index contributed by atoms with van der Waals surface area (Å²) in [6.07, 6.45) is 9.47. The SMILES string of the molecule is CCC[C@@H](NC(=O)[C@H]1CC(Oc2ccc(Cl)cn2)CN1C(=O)[C@H](NC(=O)[C@@H](Nc1nc2ncccc2o1)C1CCCCC1)C(C)(C)C)C(=O)C(=O)NC1CC1. The highest BCUT2D eigenvalue weighted by Gasteiger charge is 2.47. The van der Waals surface area contributed by atoms with Crippen LogP contribution in [0, 0.1) is 11.3 Å². The molecule has 5 atom stereocenters. The number of aromatic nitrogens is 3. The summed E-state index contributed by atoms with van der Waals surface area (Å²) in [7, 11) is 0. The van der Waals surface area contributed by atoms with Gasteiger partial charge in [0.05, 0.1) is 17.6 Å². The van der Waals surface area contributed by atoms with Gasteiger partial charge in [0, 0.05) is 30.9 Å². The molecular weight excluding hydrogens is 728 g/mol. The van der Waals surface area contributed by atoms with E-state index in [1.807, 2.05) is 27.7 Å². The van der Waals surface area contributed by atoms with Gasteiger partial charge in [-0.1, -0.05) is 65.0 Å². The predicted molar refractivity (Wildman–Crippen MR) is 204 cm³/mol. The molecule has 4 amide bonds. The number of Topliss-reactive ketones (excluding diaryl/α,β-unsaturated/α-hetero) is 1. The zero-order valence-electron chi connectivity index (χ0n) is 31.8. The number of oxazole rings is 1. The van der Waals surface area contributed by atoms with Gasteiger partial charge in [-0.05, 0) is 61.6 Å². The number of fused-ring (bicyclic) bond motifs is 1. The summed E-state index contributed by atoms with van der Waals surface area (Å²) < 4.78 is 12.0. The number of rotatable bonds is 15. The van der Waals surface area contributed by atoms with Crippen LogP contribution in [0.1, 0.15) is 91.9 Å². The molecule has 296 valence electrons. The summed E-state index contributed by atoms with van der Waals surface area (Å²) in [4.78, 5) is 83.6. The van der Waals surface area contributed by atoms with Crippen molar-refractivity contribution in [2.75, 3.05) is 11.9 Å². The van der Waals surface area contributed by atoms with E-state index >= 15 is 0 Å². The molecular formula is C39H51ClN8O7. The van der Waals surface area contributed by atoms with Crippen LogP contribution in [0.4, 0.5) is 6.01 Å². The highest BCUT2D eigenvalue weighted by atomic mass is 35.5. The highest BCUT2D eigenvalue weighted by Crippen LogP contribution is 2.32. The molecule has 4 N–H and O–H groups in total. The first kappa shape index (κ1) is 39.9. The number of ether oxygens (including phenoxy) is 1. The van der Waals surface area contributed by atoms with Crippen LogP contribution < -0.4 is 26.0 Å². The molecule has 1 saturated heterocycles. The van der Waals surface area contributed by atoms with Crippen molar-refractivity contribution in [3.8, 4) is 5.88 Å². The molecule has 3 aromatic heterocycles. The first-order valence-corrected chi connectivity index (χ1v) is 19.7. The Labute approximate surface area is 325 Å². The summed E-state index contributed by atoms with van der Waals surface area (Å²) in [6, 6.07) is 2.85. The van der Waals surface area contributed by atoms with Crippen molar-refractivity contribution in [1.29, 1.82) is 0 Å². The Bertz CT molecular complexity index is 1820. The Morgan fingerprint density at radius 1 is 1.02 bits per heavy atom. The van der Waals surface area contributed by atoms with Gasteiger partial charge in [-0.3, -0.25) is 24.0 Å². The molecule has 0 aromatic carbocycles. The van der Waals surface area contributed by atoms with E-state index in [4.69, 9.17) is 20.8 Å². The second kappa shape index (κ2) is 17.3. The lowest BCUT2D eigenvalue weighted by Gasteiger charge is -2.37. The number of halogens is 1. The van der Waals surface area contributed by atoms with Gasteiger partial charge in [0.2, 0.25) is 35.0 Å². The zero-order valence-corrected chi connectivity index (χ0v) is 32.6. The van der Waals surface area contributed by atoms with Crippen molar-refractivity contribution >= 4 is 58.3 Å². The van der Waals surface area contributed by atoms with Crippen LogP contribution in [0.3, 0.4) is 0 Å². The molecule has 3 aliphatic rings. The van der Waals surface area contributed by atoms with E-state index < -0.39 is 65.1 Å². The normalized spacial score (nSPS) is 20.6. The Morgan fingerprint density at radius 3 is 2.44 bits per heavy atom. The monoisotopic (exact) mass is 778 g/mol. The maximum atomic E-state index is 14.8. The van der Waals surface area contributed by atoms with Crippen LogP contribution in [0.25, 0.3) is 11.2 Å². The van der Waals surface area contributed by atoms with Crippen molar-refractivity contribution in [3.05, 3.63) is 41.7 Å². The number of anilines is 1. The van der Waals surface area contributed by atoms with E-state index in [0.29, 0.717) is 22.7 Å². The molecule has 55 heavy (non-hydrogen) atoms. The third-order valence-electron chi connectivity index (χ3n) is 10.4. The minimum absolute atomic E-state index is 0.00155. The lowest BCUT2D eigenvalue weighted by Crippen LogP contribution is -2.61. The summed E-state index contributed by atoms with van der Waals surface area (Å²) >= 11 is 6.03. The van der Waals surface area contributed by atoms with Gasteiger partial charge in [0.25, 0.3) is 11.9 Å². The molecule has 15 nitrogen and oxygen atoms in total. The molecule has 2 aliphatic carbocycles. The molecule has 1 unspecified atom stereocenters. The third kappa shape index (κ3) is 10.1. The minimum atomic E-state index is -1.08. The second-order valence-electron chi connectivity index (χ2n) is 15.9. The number of carbonyl (C=O) groups is 5. The standard InChI is InChI=1S/C39H51ClN8O7/c1-5-10-26(31(49)36(52)43-24-15-16-24)44-34(50)27-19-25(54-29-17-14-23(40)20-42-29)21-48(27)37(53)32(39(2,3)4)46-35(51)30(22-11-7-6-8-12-22)45-38-47-33-28(55-38)13-9-18-41-33/h9,13-14,17-18,20,22,24-27,30,32H,5-8,10-12,15-16,19,21H2,1-4H3,(H,43,52)(H,44,50)(H,46,51)(H,41,45,47)/t25?,26-,27-,30+,32+/m1/s1. The van der Waals surface area contributed by atoms with E-state index in [1.165, 1.54) is 11.1 Å². The molecule has 0 radical (unpaired) electrons. The minimum Gasteiger partial charge on any atom is -0.472 e. The Morgan fingerprint density at radius 2 is 1.78 bits per heavy atom. The van der Waals surface area contributed by atoms with Crippen molar-refractivity contribution in [1.82, 2.24) is 35.8 Å². The van der Waals surface area contributed by atoms with E-state index in [-0.39, 0.29) is 43.2 Å². The summed E-state index contributed by atoms with van der Waals surface area (Å²) in [5.41, 5.74) is 0.0850. The van der Waals surface area contributed by atoms with E-state index in [0.717, 1.165) is 44.9 Å². The number of nitrogens with one attached hydrogen (secondary N) is 4. The van der Waals surface area contributed by atoms with Crippen LogP contribution in [-0.2, 0) is 24.0 Å². The molecule has 2 saturated carbocycles. The largest absolute Gasteiger partial charge is 0.472 e. The Hall–Kier alpha value is -4.79. The first-order valence-electron chi connectivity index (χ1n) is 19.3. The maximum absolute atomic E-state index is 14.8. The quantitative estimate of drug-likeness (QED) is 0.160. The van der Waals surface area contributed by atoms with Crippen molar-refractivity contribution in [3.63, 3.8) is 0 Å². The topological polar surface area (TPSA) is 198 Å². The second-order valence-corrected chi connectivity index (χ2v) is 16.4. The first-order chi connectivity index (χ1) is 26.3. The summed E-state index contributed by atoms with van der Waals surface area (Å²) in [5.74, 6) is -2.74. The number of ketones is 1. The number of nitrogens with zero attached hydrogens (tertiary/aromatic N) is 4. The van der Waals surface area contributed by atoms with Crippen LogP contribution in [0.15, 0.2) is 41.1 Å². The van der Waals surface area contributed by atoms with E-state index in [1.54, 1.807) is 30.5 Å². The lowest BCUT2D eigenvalue weighted by molar-refractivity contribution is -0.145. The highest BCUT2D eigenvalue weighted by molar-refractivity contribution is 6.38. The molecule has 3 fully saturated rings. The molecule has 1 aliphatic heterocycles. The van der Waals surface area contributed by atoms with E-state index in [2.05, 4.69) is 36.2 Å². The van der Waals surface area contributed by atoms with Crippen molar-refractivity contribution in [2.24, 2.45) is 11.3 Å². The number of hydrogen-bond acceptors (Lipinski definition) is 11. The van der Waals surface area contributed by atoms with Gasteiger partial charge >= 0.3 is 0 Å². The zero-order chi connectivity index (χ0) is 39.3. The van der Waals surface area contributed by atoms with E-state index in [9.17, 15) is 24.0 Å². The molecule has 0 bridgehead atoms. The van der Waals surface area contributed by atoms with Crippen LogP contribution in [-0.4, -0.2) is 92.1 Å². The van der Waals surface area contributed by atoms with Gasteiger partial charge in [-0.25, -0.2) is 9.97 Å². The Balaban J connectivity index is 1.25. The van der Waals surface area contributed by atoms with Crippen molar-refractivity contribution < 1.29 is 33.1 Å². The van der Waals surface area contributed by atoms with Gasteiger partial charge in [-0.2, -0.15) is 4.98 Å². The molecule has 16 heteroatoms. The van der Waals surface area contributed by atoms with Crippen molar-refractivity contribution in [2.45, 2.75) is 128 Å². The van der Waals surface area contributed by atoms with Gasteiger partial charge in [0.1, 0.15) is 24.2 Å². The predicted octanol–water partition coefficient (Wildman–Crippen LogP) is 4.34. The fraction of sp³-hybridized carbons (Fsp3) is 0.590. The number of carbonyl (C=O) groups excluding carboxylic acids is 5. The smallest absolute Gasteiger partial charge is 0.297 e. The van der Waals surface area contributed by atoms with Crippen LogP contribution >= 0.6 is 11.6 Å². The fourth-order valence-corrected chi connectivity index (χ4v) is 7.43. The number of amides is 4. The average molecular weight is 779 g/mol. The molecule has 3 aromatic rings. The summed E-state index contributed by atoms with van der Waals surface area (Å²) in [5, 5.41) is 12.2. The average Bonchev–Trinajstić information content (AvgIpc) is 3.72. The summed E-state index contributed by atoms with van der Waals surface area (Å²) in [6.45, 7) is 7.38. The van der Waals surface area contributed by atoms with Crippen LogP contribution in [0.2, 0.25) is 5.02 Å². The molecule has 4 heterocycles. The number of pyridine rings is 2. The molecule has 6 rings (SSSR count). The Kier molecular flexibility index (Phi) is 12.6. The fourth-order valence-electron chi connectivity index (χ4n) is 7.32.